The van der Waals surface area contributed by atoms with Crippen molar-refractivity contribution in [2.75, 3.05) is 0 Å². The van der Waals surface area contributed by atoms with Crippen LogP contribution in [-0.2, 0) is 16.1 Å². The summed E-state index contributed by atoms with van der Waals surface area (Å²) >= 11 is 6.97. The Morgan fingerprint density at radius 3 is 2.44 bits per heavy atom. The molecule has 18 heavy (non-hydrogen) atoms. The van der Waals surface area contributed by atoms with Crippen molar-refractivity contribution < 1.29 is 9.59 Å². The van der Waals surface area contributed by atoms with Crippen molar-refractivity contribution in [1.82, 2.24) is 14.5 Å². The predicted molar refractivity (Wildman–Crippen MR) is 65.9 cm³/mol. The molecule has 1 aromatic rings. The van der Waals surface area contributed by atoms with Crippen molar-refractivity contribution in [3.63, 3.8) is 0 Å². The van der Waals surface area contributed by atoms with Crippen molar-refractivity contribution in [2.24, 2.45) is 17.8 Å². The Hall–Kier alpha value is -1.01. The molecule has 2 amide bonds. The van der Waals surface area contributed by atoms with Crippen molar-refractivity contribution in [3.8, 4) is 0 Å². The van der Waals surface area contributed by atoms with Gasteiger partial charge in [0.1, 0.15) is 10.0 Å². The molecule has 2 aliphatic rings. The van der Waals surface area contributed by atoms with E-state index in [4.69, 9.17) is 11.6 Å². The van der Waals surface area contributed by atoms with Crippen LogP contribution in [0.1, 0.15) is 25.5 Å². The first-order valence-electron chi connectivity index (χ1n) is 5.90. The Labute approximate surface area is 113 Å². The minimum absolute atomic E-state index is 0.0709. The quantitative estimate of drug-likeness (QED) is 0.776. The third-order valence-electron chi connectivity index (χ3n) is 3.78. The average molecular weight is 286 g/mol. The molecular formula is C11H12ClN3O2S. The SMILES string of the molecule is CC1CC2C(=O)N(Cc3nnsc3Cl)C(=O)C2C1. The second-order valence-electron chi connectivity index (χ2n) is 5.05. The molecule has 3 rings (SSSR count). The second kappa shape index (κ2) is 4.28. The van der Waals surface area contributed by atoms with E-state index in [-0.39, 0.29) is 30.2 Å². The fourth-order valence-corrected chi connectivity index (χ4v) is 3.56. The molecule has 0 spiro atoms. The van der Waals surface area contributed by atoms with Gasteiger partial charge < -0.3 is 0 Å². The zero-order valence-corrected chi connectivity index (χ0v) is 11.4. The van der Waals surface area contributed by atoms with Crippen molar-refractivity contribution in [1.29, 1.82) is 0 Å². The molecule has 0 aromatic carbocycles. The highest BCUT2D eigenvalue weighted by atomic mass is 35.5. The Kier molecular flexibility index (Phi) is 2.86. The number of aromatic nitrogens is 2. The standard InChI is InChI=1S/C11H12ClN3O2S/c1-5-2-6-7(3-5)11(17)15(10(6)16)4-8-9(12)18-14-13-8/h5-7H,2-4H2,1H3. The van der Waals surface area contributed by atoms with Crippen LogP contribution in [0.15, 0.2) is 0 Å². The Morgan fingerprint density at radius 2 is 1.94 bits per heavy atom. The van der Waals surface area contributed by atoms with Gasteiger partial charge in [0, 0.05) is 11.5 Å². The molecule has 1 aliphatic heterocycles. The topological polar surface area (TPSA) is 63.2 Å². The molecule has 5 nitrogen and oxygen atoms in total. The summed E-state index contributed by atoms with van der Waals surface area (Å²) in [6.45, 7) is 2.25. The molecule has 2 unspecified atom stereocenters. The van der Waals surface area contributed by atoms with Gasteiger partial charge in [-0.2, -0.15) is 0 Å². The summed E-state index contributed by atoms with van der Waals surface area (Å²) in [6, 6.07) is 0. The number of hydrogen-bond acceptors (Lipinski definition) is 5. The van der Waals surface area contributed by atoms with E-state index in [0.29, 0.717) is 15.9 Å². The van der Waals surface area contributed by atoms with Crippen molar-refractivity contribution in [3.05, 3.63) is 10.0 Å². The predicted octanol–water partition coefficient (Wildman–Crippen LogP) is 1.72. The van der Waals surface area contributed by atoms with Crippen LogP contribution in [-0.4, -0.2) is 26.3 Å². The maximum absolute atomic E-state index is 12.2. The summed E-state index contributed by atoms with van der Waals surface area (Å²) in [4.78, 5) is 25.7. The van der Waals surface area contributed by atoms with E-state index in [9.17, 15) is 9.59 Å². The summed E-state index contributed by atoms with van der Waals surface area (Å²) in [5.74, 6) is 0.0622. The van der Waals surface area contributed by atoms with Gasteiger partial charge in [-0.3, -0.25) is 14.5 Å². The first-order valence-corrected chi connectivity index (χ1v) is 7.05. The van der Waals surface area contributed by atoms with Gasteiger partial charge in [0.25, 0.3) is 0 Å². The first kappa shape index (κ1) is 12.0. The van der Waals surface area contributed by atoms with Crippen LogP contribution in [0, 0.1) is 17.8 Å². The summed E-state index contributed by atoms with van der Waals surface area (Å²) in [7, 11) is 0. The number of nitrogens with zero attached hydrogens (tertiary/aromatic N) is 3. The highest BCUT2D eigenvalue weighted by molar-refractivity contribution is 7.10. The van der Waals surface area contributed by atoms with Crippen LogP contribution in [0.4, 0.5) is 0 Å². The molecule has 1 saturated heterocycles. The summed E-state index contributed by atoms with van der Waals surface area (Å²) in [5, 5.41) is 3.85. The molecule has 2 fully saturated rings. The van der Waals surface area contributed by atoms with Gasteiger partial charge in [-0.15, -0.1) is 5.10 Å². The molecule has 1 saturated carbocycles. The summed E-state index contributed by atoms with van der Waals surface area (Å²) < 4.78 is 4.15. The molecule has 7 heteroatoms. The third kappa shape index (κ3) is 1.75. The number of imide groups is 1. The van der Waals surface area contributed by atoms with Crippen LogP contribution in [0.3, 0.4) is 0 Å². The van der Waals surface area contributed by atoms with Gasteiger partial charge in [0.2, 0.25) is 11.8 Å². The number of carbonyl (C=O) groups excluding carboxylic acids is 2. The maximum Gasteiger partial charge on any atom is 0.233 e. The third-order valence-corrected chi connectivity index (χ3v) is 4.77. The fourth-order valence-electron chi connectivity index (χ4n) is 2.94. The lowest BCUT2D eigenvalue weighted by Crippen LogP contribution is -2.31. The van der Waals surface area contributed by atoms with E-state index in [1.54, 1.807) is 0 Å². The van der Waals surface area contributed by atoms with Crippen LogP contribution in [0.2, 0.25) is 4.34 Å². The lowest BCUT2D eigenvalue weighted by atomic mass is 10.00. The number of rotatable bonds is 2. The van der Waals surface area contributed by atoms with Gasteiger partial charge in [-0.1, -0.05) is 23.0 Å². The van der Waals surface area contributed by atoms with Crippen molar-refractivity contribution >= 4 is 34.9 Å². The molecular weight excluding hydrogens is 274 g/mol. The van der Waals surface area contributed by atoms with E-state index in [2.05, 4.69) is 16.5 Å². The van der Waals surface area contributed by atoms with Crippen LogP contribution in [0.5, 0.6) is 0 Å². The molecule has 0 bridgehead atoms. The van der Waals surface area contributed by atoms with Gasteiger partial charge in [0.05, 0.1) is 18.4 Å². The number of fused-ring (bicyclic) bond motifs is 1. The number of likely N-dealkylation sites (tertiary alicyclic amines) is 1. The van der Waals surface area contributed by atoms with Crippen LogP contribution in [0.25, 0.3) is 0 Å². The number of hydrogen-bond donors (Lipinski definition) is 0. The normalized spacial score (nSPS) is 31.2. The first-order chi connectivity index (χ1) is 8.58. The smallest absolute Gasteiger partial charge is 0.233 e. The average Bonchev–Trinajstić information content (AvgIpc) is 2.95. The van der Waals surface area contributed by atoms with Crippen LogP contribution < -0.4 is 0 Å². The van der Waals surface area contributed by atoms with E-state index >= 15 is 0 Å². The van der Waals surface area contributed by atoms with Crippen molar-refractivity contribution in [2.45, 2.75) is 26.3 Å². The Morgan fingerprint density at radius 1 is 1.33 bits per heavy atom. The Balaban J connectivity index is 1.81. The van der Waals surface area contributed by atoms with E-state index in [1.165, 1.54) is 4.90 Å². The molecule has 1 aromatic heterocycles. The molecule has 1 aliphatic carbocycles. The van der Waals surface area contributed by atoms with E-state index < -0.39 is 0 Å². The van der Waals surface area contributed by atoms with Gasteiger partial charge in [-0.25, -0.2) is 0 Å². The monoisotopic (exact) mass is 285 g/mol. The second-order valence-corrected chi connectivity index (χ2v) is 6.40. The Bertz CT molecular complexity index is 494. The molecule has 0 N–H and O–H groups in total. The zero-order valence-electron chi connectivity index (χ0n) is 9.80. The summed E-state index contributed by atoms with van der Waals surface area (Å²) in [6.07, 6.45) is 1.63. The number of amides is 2. The molecule has 2 atom stereocenters. The van der Waals surface area contributed by atoms with Gasteiger partial charge in [0.15, 0.2) is 0 Å². The molecule has 2 heterocycles. The highest BCUT2D eigenvalue weighted by Gasteiger charge is 2.51. The largest absolute Gasteiger partial charge is 0.276 e. The minimum atomic E-state index is -0.127. The number of halogens is 1. The van der Waals surface area contributed by atoms with E-state index in [1.807, 2.05) is 0 Å². The molecule has 0 radical (unpaired) electrons. The van der Waals surface area contributed by atoms with E-state index in [0.717, 1.165) is 24.4 Å². The van der Waals surface area contributed by atoms with Crippen LogP contribution >= 0.6 is 23.1 Å². The van der Waals surface area contributed by atoms with Gasteiger partial charge >= 0.3 is 0 Å². The summed E-state index contributed by atoms with van der Waals surface area (Å²) in [5.41, 5.74) is 0.511. The minimum Gasteiger partial charge on any atom is -0.276 e. The van der Waals surface area contributed by atoms with Gasteiger partial charge in [-0.05, 0) is 18.8 Å². The molecule has 96 valence electrons. The highest BCUT2D eigenvalue weighted by Crippen LogP contribution is 2.43. The zero-order chi connectivity index (χ0) is 12.9. The number of carbonyl (C=O) groups is 2. The lowest BCUT2D eigenvalue weighted by molar-refractivity contribution is -0.141. The lowest BCUT2D eigenvalue weighted by Gasteiger charge is -2.15. The maximum atomic E-state index is 12.2. The fraction of sp³-hybridized carbons (Fsp3) is 0.636.